The van der Waals surface area contributed by atoms with Crippen LogP contribution in [-0.2, 0) is 19.1 Å². The molecule has 8 heteroatoms. The van der Waals surface area contributed by atoms with Crippen molar-refractivity contribution in [1.82, 2.24) is 9.29 Å². The van der Waals surface area contributed by atoms with E-state index in [1.165, 1.54) is 11.9 Å². The molecule has 3 rings (SSSR count). The molecule has 28 heavy (non-hydrogen) atoms. The number of likely N-dealkylation sites (N-methyl/N-ethyl adjacent to an activating group) is 1. The Bertz CT molecular complexity index is 886. The van der Waals surface area contributed by atoms with Gasteiger partial charge in [-0.3, -0.25) is 9.59 Å². The van der Waals surface area contributed by atoms with Gasteiger partial charge in [0.05, 0.1) is 0 Å². The molecular formula is C20H21N3O4S. The van der Waals surface area contributed by atoms with Crippen molar-refractivity contribution < 1.29 is 19.1 Å². The fourth-order valence-electron chi connectivity index (χ4n) is 2.63. The summed E-state index contributed by atoms with van der Waals surface area (Å²) < 4.78 is 12.6. The summed E-state index contributed by atoms with van der Waals surface area (Å²) in [6.07, 6.45) is 2.62. The van der Waals surface area contributed by atoms with Crippen molar-refractivity contribution in [2.75, 3.05) is 19.2 Å². The summed E-state index contributed by atoms with van der Waals surface area (Å²) in [6.45, 7) is 1.63. The van der Waals surface area contributed by atoms with Gasteiger partial charge in [-0.15, -0.1) is 0 Å². The molecule has 0 aliphatic carbocycles. The summed E-state index contributed by atoms with van der Waals surface area (Å²) in [6, 6.07) is 12.9. The minimum atomic E-state index is -0.363. The molecule has 0 bridgehead atoms. The van der Waals surface area contributed by atoms with E-state index in [1.807, 2.05) is 31.2 Å². The first kappa shape index (κ1) is 19.8. The van der Waals surface area contributed by atoms with Crippen LogP contribution in [0.3, 0.4) is 0 Å². The predicted molar refractivity (Wildman–Crippen MR) is 107 cm³/mol. The highest BCUT2D eigenvalue weighted by molar-refractivity contribution is 7.97. The predicted octanol–water partition coefficient (Wildman–Crippen LogP) is 3.66. The molecule has 146 valence electrons. The van der Waals surface area contributed by atoms with E-state index in [1.54, 1.807) is 35.7 Å². The van der Waals surface area contributed by atoms with Crippen LogP contribution in [0.4, 0.5) is 5.82 Å². The van der Waals surface area contributed by atoms with Crippen molar-refractivity contribution in [3.63, 3.8) is 0 Å². The Morgan fingerprint density at radius 2 is 1.96 bits per heavy atom. The van der Waals surface area contributed by atoms with Gasteiger partial charge in [0.15, 0.2) is 11.5 Å². The summed E-state index contributed by atoms with van der Waals surface area (Å²) in [5, 5.41) is 2.77. The number of nitrogens with zero attached hydrogens (tertiary/aromatic N) is 2. The molecule has 2 aromatic rings. The first-order chi connectivity index (χ1) is 13.6. The second-order valence-corrected chi connectivity index (χ2v) is 7.13. The number of amides is 1. The van der Waals surface area contributed by atoms with E-state index in [4.69, 9.17) is 9.47 Å². The Morgan fingerprint density at radius 3 is 2.71 bits per heavy atom. The molecule has 0 unspecified atom stereocenters. The first-order valence-electron chi connectivity index (χ1n) is 8.86. The summed E-state index contributed by atoms with van der Waals surface area (Å²) >= 11 is 1.42. The molecule has 2 heterocycles. The van der Waals surface area contributed by atoms with E-state index in [9.17, 15) is 9.59 Å². The highest BCUT2D eigenvalue weighted by Gasteiger charge is 2.30. The number of pyridine rings is 1. The fourth-order valence-corrected chi connectivity index (χ4v) is 3.58. The maximum Gasteiger partial charge on any atom is 0.308 e. The van der Waals surface area contributed by atoms with E-state index >= 15 is 0 Å². The number of hydrogen-bond donors (Lipinski definition) is 1. The highest BCUT2D eigenvalue weighted by Crippen LogP contribution is 2.40. The minimum Gasteiger partial charge on any atom is -0.454 e. The number of benzene rings is 1. The second kappa shape index (κ2) is 9.27. The van der Waals surface area contributed by atoms with Crippen molar-refractivity contribution in [1.29, 1.82) is 0 Å². The van der Waals surface area contributed by atoms with Crippen LogP contribution in [0.1, 0.15) is 25.3 Å². The van der Waals surface area contributed by atoms with Gasteiger partial charge in [-0.25, -0.2) is 4.98 Å². The van der Waals surface area contributed by atoms with Gasteiger partial charge in [-0.2, -0.15) is 0 Å². The van der Waals surface area contributed by atoms with Crippen LogP contribution in [0.5, 0.6) is 0 Å². The van der Waals surface area contributed by atoms with E-state index in [2.05, 4.69) is 10.3 Å². The molecular weight excluding hydrogens is 378 g/mol. The highest BCUT2D eigenvalue weighted by atomic mass is 32.2. The van der Waals surface area contributed by atoms with Gasteiger partial charge in [0.1, 0.15) is 5.82 Å². The van der Waals surface area contributed by atoms with Crippen LogP contribution in [0.15, 0.2) is 59.3 Å². The molecule has 0 fully saturated rings. The molecule has 0 saturated heterocycles. The molecule has 0 atom stereocenters. The lowest BCUT2D eigenvalue weighted by molar-refractivity contribution is -0.151. The number of aromatic nitrogens is 1. The van der Waals surface area contributed by atoms with Crippen LogP contribution in [-0.4, -0.2) is 35.0 Å². The topological polar surface area (TPSA) is 80.8 Å². The zero-order valence-corrected chi connectivity index (χ0v) is 16.5. The Hall–Kier alpha value is -3.00. The standard InChI is InChI=1S/C20H21N3O4S/c1-3-8-17(24)26-13-27-19-14-9-4-5-10-15(14)28-23(2)18(19)20(25)22-16-11-6-7-12-21-16/h4-7,9-12H,3,8,13H2,1-2H3,(H,21,22,25). The Labute approximate surface area is 167 Å². The molecule has 1 aliphatic rings. The quantitative estimate of drug-likeness (QED) is 0.432. The summed E-state index contributed by atoms with van der Waals surface area (Å²) in [5.74, 6) is 0.0908. The van der Waals surface area contributed by atoms with E-state index in [0.29, 0.717) is 30.1 Å². The average Bonchev–Trinajstić information content (AvgIpc) is 2.68. The zero-order chi connectivity index (χ0) is 19.9. The van der Waals surface area contributed by atoms with Crippen LogP contribution < -0.4 is 5.32 Å². The van der Waals surface area contributed by atoms with Gasteiger partial charge in [0.2, 0.25) is 6.79 Å². The molecule has 0 spiro atoms. The van der Waals surface area contributed by atoms with Crippen LogP contribution in [0.2, 0.25) is 0 Å². The lowest BCUT2D eigenvalue weighted by Gasteiger charge is -2.29. The number of rotatable bonds is 7. The lowest BCUT2D eigenvalue weighted by Crippen LogP contribution is -2.28. The SMILES string of the molecule is CCCC(=O)OCOC1=C(C(=O)Nc2ccccn2)N(C)Sc2ccccc21. The first-order valence-corrected chi connectivity index (χ1v) is 9.63. The van der Waals surface area contributed by atoms with Crippen LogP contribution in [0, 0.1) is 0 Å². The lowest BCUT2D eigenvalue weighted by atomic mass is 10.1. The Balaban J connectivity index is 1.88. The average molecular weight is 399 g/mol. The molecule has 7 nitrogen and oxygen atoms in total. The number of esters is 1. The molecule has 1 amide bonds. The number of ether oxygens (including phenoxy) is 2. The monoisotopic (exact) mass is 399 g/mol. The Kier molecular flexibility index (Phi) is 6.54. The largest absolute Gasteiger partial charge is 0.454 e. The third-order valence-corrected chi connectivity index (χ3v) is 4.90. The third kappa shape index (κ3) is 4.64. The Morgan fingerprint density at radius 1 is 1.18 bits per heavy atom. The van der Waals surface area contributed by atoms with Gasteiger partial charge < -0.3 is 19.1 Å². The van der Waals surface area contributed by atoms with Crippen LogP contribution in [0.25, 0.3) is 5.76 Å². The molecule has 1 aliphatic heterocycles. The van der Waals surface area contributed by atoms with E-state index in [0.717, 1.165) is 10.5 Å². The van der Waals surface area contributed by atoms with Gasteiger partial charge in [-0.05, 0) is 42.6 Å². The van der Waals surface area contributed by atoms with Gasteiger partial charge >= 0.3 is 5.97 Å². The number of nitrogens with one attached hydrogen (secondary N) is 1. The van der Waals surface area contributed by atoms with Crippen molar-refractivity contribution >= 4 is 35.4 Å². The third-order valence-electron chi connectivity index (χ3n) is 3.90. The van der Waals surface area contributed by atoms with Crippen molar-refractivity contribution in [2.45, 2.75) is 24.7 Å². The molecule has 1 aromatic heterocycles. The van der Waals surface area contributed by atoms with Crippen molar-refractivity contribution in [2.24, 2.45) is 0 Å². The van der Waals surface area contributed by atoms with Crippen molar-refractivity contribution in [3.05, 3.63) is 59.9 Å². The van der Waals surface area contributed by atoms with Gasteiger partial charge in [0.25, 0.3) is 5.91 Å². The minimum absolute atomic E-state index is 0.263. The normalized spacial score (nSPS) is 13.0. The van der Waals surface area contributed by atoms with Crippen molar-refractivity contribution in [3.8, 4) is 0 Å². The molecule has 1 aromatic carbocycles. The maximum absolute atomic E-state index is 12.9. The second-order valence-electron chi connectivity index (χ2n) is 5.96. The van der Waals surface area contributed by atoms with Crippen LogP contribution >= 0.6 is 11.9 Å². The summed E-state index contributed by atoms with van der Waals surface area (Å²) in [7, 11) is 1.78. The van der Waals surface area contributed by atoms with E-state index < -0.39 is 0 Å². The molecule has 0 saturated carbocycles. The number of anilines is 1. The van der Waals surface area contributed by atoms with Gasteiger partial charge in [-0.1, -0.05) is 25.1 Å². The zero-order valence-electron chi connectivity index (χ0n) is 15.7. The maximum atomic E-state index is 12.9. The number of hydrogen-bond acceptors (Lipinski definition) is 7. The smallest absolute Gasteiger partial charge is 0.308 e. The number of fused-ring (bicyclic) bond motifs is 1. The summed E-state index contributed by atoms with van der Waals surface area (Å²) in [5.41, 5.74) is 1.09. The van der Waals surface area contributed by atoms with E-state index in [-0.39, 0.29) is 18.7 Å². The van der Waals surface area contributed by atoms with Gasteiger partial charge in [0, 0.05) is 30.1 Å². The fraction of sp³-hybridized carbons (Fsp3) is 0.250. The molecule has 1 N–H and O–H groups in total. The number of carbonyl (C=O) groups is 2. The summed E-state index contributed by atoms with van der Waals surface area (Å²) in [4.78, 5) is 29.6. The number of carbonyl (C=O) groups excluding carboxylic acids is 2. The molecule has 0 radical (unpaired) electrons.